The van der Waals surface area contributed by atoms with Gasteiger partial charge in [0.25, 0.3) is 0 Å². The minimum Gasteiger partial charge on any atom is -0.275 e. The molecule has 0 radical (unpaired) electrons. The van der Waals surface area contributed by atoms with Gasteiger partial charge in [0.2, 0.25) is 0 Å². The van der Waals surface area contributed by atoms with Crippen LogP contribution in [0.15, 0.2) is 35.1 Å². The van der Waals surface area contributed by atoms with E-state index >= 15 is 0 Å². The number of benzene rings is 1. The maximum Gasteiger partial charge on any atom is 0.124 e. The number of aryl methyl sites for hydroxylation is 1. The van der Waals surface area contributed by atoms with Gasteiger partial charge in [-0.1, -0.05) is 15.9 Å². The molecular weight excluding hydrogens is 299 g/mol. The van der Waals surface area contributed by atoms with Gasteiger partial charge in [0.05, 0.1) is 12.2 Å². The van der Waals surface area contributed by atoms with Gasteiger partial charge in [-0.3, -0.25) is 16.0 Å². The first-order chi connectivity index (χ1) is 8.58. The molecule has 3 N–H and O–H groups in total. The topological polar surface area (TPSA) is 55.9 Å². The van der Waals surface area contributed by atoms with Crippen LogP contribution in [0.3, 0.4) is 0 Å². The molecule has 0 aliphatic heterocycles. The highest BCUT2D eigenvalue weighted by Gasteiger charge is 2.13. The van der Waals surface area contributed by atoms with Gasteiger partial charge in [-0.25, -0.2) is 4.39 Å². The van der Waals surface area contributed by atoms with Gasteiger partial charge in [0.15, 0.2) is 0 Å². The zero-order chi connectivity index (χ0) is 13.1. The van der Waals surface area contributed by atoms with Crippen LogP contribution in [0.5, 0.6) is 0 Å². The fourth-order valence-corrected chi connectivity index (χ4v) is 2.37. The molecule has 1 aromatic heterocycles. The molecule has 0 aliphatic rings. The van der Waals surface area contributed by atoms with Gasteiger partial charge >= 0.3 is 0 Å². The molecule has 2 aromatic rings. The Bertz CT molecular complexity index is 520. The van der Waals surface area contributed by atoms with Gasteiger partial charge in [-0.05, 0) is 30.2 Å². The van der Waals surface area contributed by atoms with Crippen molar-refractivity contribution < 1.29 is 4.39 Å². The van der Waals surface area contributed by atoms with E-state index in [9.17, 15) is 4.39 Å². The third-order valence-corrected chi connectivity index (χ3v) is 3.15. The number of nitrogens with one attached hydrogen (secondary N) is 1. The number of rotatable bonds is 4. The molecule has 0 aliphatic carbocycles. The summed E-state index contributed by atoms with van der Waals surface area (Å²) in [5, 5.41) is 4.10. The number of nitrogens with two attached hydrogens (primary N) is 1. The van der Waals surface area contributed by atoms with Crippen molar-refractivity contribution in [3.05, 3.63) is 52.0 Å². The Kier molecular flexibility index (Phi) is 4.11. The molecule has 0 amide bonds. The van der Waals surface area contributed by atoms with Gasteiger partial charge in [-0.15, -0.1) is 0 Å². The molecule has 18 heavy (non-hydrogen) atoms. The largest absolute Gasteiger partial charge is 0.275 e. The van der Waals surface area contributed by atoms with Crippen LogP contribution in [0.2, 0.25) is 0 Å². The highest BCUT2D eigenvalue weighted by Crippen LogP contribution is 2.21. The normalized spacial score (nSPS) is 12.7. The van der Waals surface area contributed by atoms with Gasteiger partial charge in [-0.2, -0.15) is 5.10 Å². The summed E-state index contributed by atoms with van der Waals surface area (Å²) in [4.78, 5) is 0. The van der Waals surface area contributed by atoms with E-state index in [1.54, 1.807) is 10.9 Å². The fraction of sp³-hybridized carbons (Fsp3) is 0.250. The van der Waals surface area contributed by atoms with Crippen LogP contribution in [-0.4, -0.2) is 9.78 Å². The maximum atomic E-state index is 13.3. The number of aromatic nitrogens is 2. The van der Waals surface area contributed by atoms with Crippen LogP contribution in [-0.2, 0) is 13.5 Å². The minimum absolute atomic E-state index is 0.0904. The Morgan fingerprint density at radius 3 is 2.83 bits per heavy atom. The Balaban J connectivity index is 2.20. The Hall–Kier alpha value is -1.24. The summed E-state index contributed by atoms with van der Waals surface area (Å²) < 4.78 is 15.7. The summed E-state index contributed by atoms with van der Waals surface area (Å²) in [6, 6.07) is 4.72. The summed E-state index contributed by atoms with van der Waals surface area (Å²) in [7, 11) is 1.84. The summed E-state index contributed by atoms with van der Waals surface area (Å²) in [5.41, 5.74) is 4.57. The molecule has 6 heteroatoms. The van der Waals surface area contributed by atoms with Crippen molar-refractivity contribution >= 4 is 15.9 Å². The number of hydrazine groups is 1. The third kappa shape index (κ3) is 3.16. The molecule has 1 atom stereocenters. The Morgan fingerprint density at radius 2 is 2.28 bits per heavy atom. The van der Waals surface area contributed by atoms with Crippen LogP contribution >= 0.6 is 15.9 Å². The van der Waals surface area contributed by atoms with Gasteiger partial charge in [0, 0.05) is 23.3 Å². The van der Waals surface area contributed by atoms with Crippen molar-refractivity contribution in [2.24, 2.45) is 12.9 Å². The van der Waals surface area contributed by atoms with E-state index in [-0.39, 0.29) is 11.9 Å². The highest BCUT2D eigenvalue weighted by atomic mass is 79.9. The molecule has 96 valence electrons. The lowest BCUT2D eigenvalue weighted by Crippen LogP contribution is -2.29. The van der Waals surface area contributed by atoms with Crippen LogP contribution < -0.4 is 11.3 Å². The molecule has 0 fully saturated rings. The van der Waals surface area contributed by atoms with E-state index in [0.717, 1.165) is 15.6 Å². The number of hydrogen-bond acceptors (Lipinski definition) is 3. The number of halogens is 2. The van der Waals surface area contributed by atoms with E-state index < -0.39 is 0 Å². The van der Waals surface area contributed by atoms with Crippen molar-refractivity contribution in [1.29, 1.82) is 0 Å². The van der Waals surface area contributed by atoms with Crippen molar-refractivity contribution in [2.75, 3.05) is 0 Å². The van der Waals surface area contributed by atoms with Gasteiger partial charge in [0.1, 0.15) is 5.82 Å². The molecule has 0 spiro atoms. The van der Waals surface area contributed by atoms with Crippen LogP contribution in [0.4, 0.5) is 4.39 Å². The number of hydrogen-bond donors (Lipinski definition) is 2. The Labute approximate surface area is 113 Å². The maximum absolute atomic E-state index is 13.3. The molecule has 0 saturated carbocycles. The summed E-state index contributed by atoms with van der Waals surface area (Å²) in [6.07, 6.45) is 4.23. The molecule has 1 aromatic carbocycles. The van der Waals surface area contributed by atoms with Crippen LogP contribution in [0.1, 0.15) is 17.2 Å². The molecule has 1 heterocycles. The zero-order valence-corrected chi connectivity index (χ0v) is 11.5. The van der Waals surface area contributed by atoms with Crippen molar-refractivity contribution in [1.82, 2.24) is 15.2 Å². The molecular formula is C12H14BrFN4. The fourth-order valence-electron chi connectivity index (χ4n) is 1.86. The van der Waals surface area contributed by atoms with E-state index in [1.807, 2.05) is 19.3 Å². The summed E-state index contributed by atoms with van der Waals surface area (Å²) in [6.45, 7) is 0. The highest BCUT2D eigenvalue weighted by molar-refractivity contribution is 9.10. The lowest BCUT2D eigenvalue weighted by atomic mass is 10.0. The first-order valence-electron chi connectivity index (χ1n) is 5.48. The van der Waals surface area contributed by atoms with Crippen LogP contribution in [0.25, 0.3) is 0 Å². The quantitative estimate of drug-likeness (QED) is 0.671. The average Bonchev–Trinajstić information content (AvgIpc) is 2.71. The monoisotopic (exact) mass is 312 g/mol. The molecule has 4 nitrogen and oxygen atoms in total. The predicted molar refractivity (Wildman–Crippen MR) is 71.1 cm³/mol. The second-order valence-corrected chi connectivity index (χ2v) is 5.06. The van der Waals surface area contributed by atoms with Gasteiger partial charge < -0.3 is 0 Å². The molecule has 0 bridgehead atoms. The summed E-state index contributed by atoms with van der Waals surface area (Å²) >= 11 is 3.28. The molecule has 0 saturated heterocycles. The van der Waals surface area contributed by atoms with E-state index in [4.69, 9.17) is 5.84 Å². The van der Waals surface area contributed by atoms with E-state index in [2.05, 4.69) is 26.5 Å². The first-order valence-corrected chi connectivity index (χ1v) is 6.27. The molecule has 1 unspecified atom stereocenters. The SMILES string of the molecule is Cn1cc(C(Cc2cc(F)cc(Br)c2)NN)cn1. The van der Waals surface area contributed by atoms with Crippen molar-refractivity contribution in [2.45, 2.75) is 12.5 Å². The standard InChI is InChI=1S/C12H14BrFN4/c1-18-7-9(6-16-18)12(17-15)4-8-2-10(13)5-11(14)3-8/h2-3,5-7,12,17H,4,15H2,1H3. The van der Waals surface area contributed by atoms with E-state index in [0.29, 0.717) is 6.42 Å². The minimum atomic E-state index is -0.263. The lowest BCUT2D eigenvalue weighted by molar-refractivity contribution is 0.548. The van der Waals surface area contributed by atoms with Crippen molar-refractivity contribution in [3.8, 4) is 0 Å². The van der Waals surface area contributed by atoms with Crippen molar-refractivity contribution in [3.63, 3.8) is 0 Å². The van der Waals surface area contributed by atoms with E-state index in [1.165, 1.54) is 12.1 Å². The smallest absolute Gasteiger partial charge is 0.124 e. The van der Waals surface area contributed by atoms with Crippen LogP contribution in [0, 0.1) is 5.82 Å². The zero-order valence-electron chi connectivity index (χ0n) is 9.90. The number of nitrogens with zero attached hydrogens (tertiary/aromatic N) is 2. The first kappa shape index (κ1) is 13.2. The predicted octanol–water partition coefficient (Wildman–Crippen LogP) is 2.07. The Morgan fingerprint density at radius 1 is 1.50 bits per heavy atom. The average molecular weight is 313 g/mol. The second kappa shape index (κ2) is 5.60. The second-order valence-electron chi connectivity index (χ2n) is 4.15. The summed E-state index contributed by atoms with van der Waals surface area (Å²) in [5.74, 6) is 5.28. The third-order valence-electron chi connectivity index (χ3n) is 2.69. The molecule has 2 rings (SSSR count). The lowest BCUT2D eigenvalue weighted by Gasteiger charge is -2.14.